The van der Waals surface area contributed by atoms with Crippen molar-refractivity contribution in [3.05, 3.63) is 57.0 Å². The third-order valence-electron chi connectivity index (χ3n) is 4.63. The Bertz CT molecular complexity index is 930. The Morgan fingerprint density at radius 3 is 2.92 bits per heavy atom. The molecule has 0 spiro atoms. The minimum atomic E-state index is -0.493. The average Bonchev–Trinajstić information content (AvgIpc) is 2.92. The van der Waals surface area contributed by atoms with Crippen LogP contribution in [0.5, 0.6) is 0 Å². The lowest BCUT2D eigenvalue weighted by Gasteiger charge is -2.34. The number of carbonyl (C=O) groups excluding carboxylic acids is 1. The van der Waals surface area contributed by atoms with Crippen molar-refractivity contribution in [2.45, 2.75) is 32.7 Å². The fraction of sp³-hybridized carbons (Fsp3) is 0.353. The number of nitrogens with one attached hydrogen (secondary N) is 1. The number of nitrogens with zero attached hydrogens (tertiary/aromatic N) is 4. The van der Waals surface area contributed by atoms with Gasteiger partial charge in [-0.1, -0.05) is 19.1 Å². The summed E-state index contributed by atoms with van der Waals surface area (Å²) in [4.78, 5) is 27.9. The van der Waals surface area contributed by atoms with Gasteiger partial charge in [0.2, 0.25) is 5.95 Å². The predicted octanol–water partition coefficient (Wildman–Crippen LogP) is 2.76. The second-order valence-corrected chi connectivity index (χ2v) is 6.64. The second-order valence-electron chi connectivity index (χ2n) is 6.64. The third-order valence-corrected chi connectivity index (χ3v) is 4.63. The van der Waals surface area contributed by atoms with Crippen molar-refractivity contribution >= 4 is 17.4 Å². The predicted molar refractivity (Wildman–Crippen MR) is 90.0 cm³/mol. The Morgan fingerprint density at radius 1 is 1.36 bits per heavy atom. The second kappa shape index (κ2) is 5.51. The first-order chi connectivity index (χ1) is 11.9. The number of nitro groups is 1. The van der Waals surface area contributed by atoms with Crippen molar-refractivity contribution in [2.24, 2.45) is 5.92 Å². The van der Waals surface area contributed by atoms with Gasteiger partial charge in [0.05, 0.1) is 4.92 Å². The fourth-order valence-electron chi connectivity index (χ4n) is 3.63. The van der Waals surface area contributed by atoms with Gasteiger partial charge in [-0.05, 0) is 24.8 Å². The summed E-state index contributed by atoms with van der Waals surface area (Å²) < 4.78 is 1.65. The minimum absolute atomic E-state index is 0.00630. The number of carbonyl (C=O) groups is 1. The number of benzene rings is 1. The molecule has 1 aromatic carbocycles. The van der Waals surface area contributed by atoms with Crippen LogP contribution in [0.3, 0.4) is 0 Å². The fourth-order valence-corrected chi connectivity index (χ4v) is 3.63. The molecule has 128 valence electrons. The molecule has 1 aliphatic carbocycles. The Morgan fingerprint density at radius 2 is 2.16 bits per heavy atom. The Labute approximate surface area is 143 Å². The van der Waals surface area contributed by atoms with Gasteiger partial charge in [-0.15, -0.1) is 0 Å². The molecule has 1 aromatic heterocycles. The molecule has 2 heterocycles. The molecule has 0 saturated heterocycles. The Kier molecular flexibility index (Phi) is 3.41. The molecule has 8 nitrogen and oxygen atoms in total. The van der Waals surface area contributed by atoms with Crippen molar-refractivity contribution in [3.8, 4) is 0 Å². The molecular formula is C17H17N5O3. The number of hydrogen-bond donors (Lipinski definition) is 1. The number of nitro benzene ring substituents is 1. The van der Waals surface area contributed by atoms with E-state index in [9.17, 15) is 14.9 Å². The van der Waals surface area contributed by atoms with E-state index in [2.05, 4.69) is 15.4 Å². The lowest BCUT2D eigenvalue weighted by Crippen LogP contribution is -2.33. The highest BCUT2D eigenvalue weighted by atomic mass is 16.6. The number of aromatic nitrogens is 3. The minimum Gasteiger partial charge on any atom is -0.328 e. The van der Waals surface area contributed by atoms with Crippen molar-refractivity contribution in [1.82, 2.24) is 14.8 Å². The van der Waals surface area contributed by atoms with Gasteiger partial charge < -0.3 is 5.32 Å². The summed E-state index contributed by atoms with van der Waals surface area (Å²) in [5, 5.41) is 18.8. The molecule has 8 heteroatoms. The molecule has 0 saturated carbocycles. The normalized spacial score (nSPS) is 22.2. The van der Waals surface area contributed by atoms with Gasteiger partial charge in [0, 0.05) is 29.8 Å². The van der Waals surface area contributed by atoms with Gasteiger partial charge in [0.1, 0.15) is 11.9 Å². The summed E-state index contributed by atoms with van der Waals surface area (Å²) in [6.07, 6.45) is 1.22. The van der Waals surface area contributed by atoms with E-state index in [1.165, 1.54) is 12.1 Å². The SMILES string of the molecule is Cc1nc2n(n1)[C@@H](c1cccc([N+](=O)[O-])c1)C1=C(C[C@@H](C)CC1=O)N2. The van der Waals surface area contributed by atoms with Gasteiger partial charge in [0.25, 0.3) is 5.69 Å². The van der Waals surface area contributed by atoms with E-state index in [4.69, 9.17) is 0 Å². The number of fused-ring (bicyclic) bond motifs is 1. The van der Waals surface area contributed by atoms with Crippen LogP contribution in [0.4, 0.5) is 11.6 Å². The Hall–Kier alpha value is -3.03. The first kappa shape index (κ1) is 15.5. The molecule has 2 atom stereocenters. The number of Topliss-reactive ketones (excluding diaryl/α,β-unsaturated/α-hetero) is 1. The number of allylic oxidation sites excluding steroid dienone is 2. The first-order valence-electron chi connectivity index (χ1n) is 8.15. The van der Waals surface area contributed by atoms with Crippen LogP contribution in [0.1, 0.15) is 37.2 Å². The lowest BCUT2D eigenvalue weighted by atomic mass is 9.81. The van der Waals surface area contributed by atoms with Crippen LogP contribution >= 0.6 is 0 Å². The van der Waals surface area contributed by atoms with Gasteiger partial charge in [-0.2, -0.15) is 10.1 Å². The highest BCUT2D eigenvalue weighted by molar-refractivity contribution is 5.99. The quantitative estimate of drug-likeness (QED) is 0.666. The zero-order chi connectivity index (χ0) is 17.7. The third kappa shape index (κ3) is 2.50. The summed E-state index contributed by atoms with van der Waals surface area (Å²) in [5.74, 6) is 1.45. The summed E-state index contributed by atoms with van der Waals surface area (Å²) in [5.41, 5.74) is 2.14. The molecule has 2 aromatic rings. The van der Waals surface area contributed by atoms with Crippen LogP contribution in [-0.4, -0.2) is 25.5 Å². The zero-order valence-electron chi connectivity index (χ0n) is 13.9. The molecule has 4 rings (SSSR count). The summed E-state index contributed by atoms with van der Waals surface area (Å²) in [7, 11) is 0. The number of anilines is 1. The molecule has 1 N–H and O–H groups in total. The molecule has 1 aliphatic heterocycles. The smallest absolute Gasteiger partial charge is 0.269 e. The topological polar surface area (TPSA) is 103 Å². The maximum absolute atomic E-state index is 12.8. The zero-order valence-corrected chi connectivity index (χ0v) is 13.9. The van der Waals surface area contributed by atoms with Gasteiger partial charge in [-0.3, -0.25) is 14.9 Å². The molecule has 0 fully saturated rings. The van der Waals surface area contributed by atoms with E-state index in [0.717, 1.165) is 12.1 Å². The first-order valence-corrected chi connectivity index (χ1v) is 8.15. The van der Waals surface area contributed by atoms with Crippen LogP contribution < -0.4 is 5.32 Å². The van der Waals surface area contributed by atoms with E-state index in [0.29, 0.717) is 29.3 Å². The molecule has 0 unspecified atom stereocenters. The highest BCUT2D eigenvalue weighted by Crippen LogP contribution is 2.41. The number of ketones is 1. The highest BCUT2D eigenvalue weighted by Gasteiger charge is 2.38. The largest absolute Gasteiger partial charge is 0.328 e. The number of hydrogen-bond acceptors (Lipinski definition) is 6. The van der Waals surface area contributed by atoms with E-state index >= 15 is 0 Å². The van der Waals surface area contributed by atoms with Crippen molar-refractivity contribution in [2.75, 3.05) is 5.32 Å². The molecule has 0 radical (unpaired) electrons. The van der Waals surface area contributed by atoms with Gasteiger partial charge in [0.15, 0.2) is 5.78 Å². The lowest BCUT2D eigenvalue weighted by molar-refractivity contribution is -0.384. The van der Waals surface area contributed by atoms with Crippen LogP contribution in [-0.2, 0) is 4.79 Å². The molecule has 0 amide bonds. The standard InChI is InChI=1S/C17H17N5O3/c1-9-6-13-15(14(23)7-9)16(21-17(19-13)18-10(2)20-21)11-4-3-5-12(8-11)22(24)25/h3-5,8-9,16H,6-7H2,1-2H3,(H,18,19,20)/t9-,16+/m1/s1. The van der Waals surface area contributed by atoms with Crippen LogP contribution in [0.25, 0.3) is 0 Å². The van der Waals surface area contributed by atoms with E-state index in [1.54, 1.807) is 23.7 Å². The molecular weight excluding hydrogens is 322 g/mol. The van der Waals surface area contributed by atoms with Crippen molar-refractivity contribution < 1.29 is 9.72 Å². The van der Waals surface area contributed by atoms with Crippen LogP contribution in [0.2, 0.25) is 0 Å². The molecule has 2 aliphatic rings. The molecule has 0 bridgehead atoms. The summed E-state index contributed by atoms with van der Waals surface area (Å²) in [6, 6.07) is 5.88. The van der Waals surface area contributed by atoms with Crippen LogP contribution in [0, 0.1) is 23.0 Å². The summed E-state index contributed by atoms with van der Waals surface area (Å²) in [6.45, 7) is 3.82. The monoisotopic (exact) mass is 339 g/mol. The number of rotatable bonds is 2. The number of aryl methyl sites for hydroxylation is 1. The van der Waals surface area contributed by atoms with Crippen molar-refractivity contribution in [1.29, 1.82) is 0 Å². The average molecular weight is 339 g/mol. The van der Waals surface area contributed by atoms with E-state index in [1.807, 2.05) is 6.92 Å². The number of non-ortho nitro benzene ring substituents is 1. The maximum Gasteiger partial charge on any atom is 0.269 e. The van der Waals surface area contributed by atoms with Crippen LogP contribution in [0.15, 0.2) is 35.5 Å². The van der Waals surface area contributed by atoms with E-state index in [-0.39, 0.29) is 17.4 Å². The maximum atomic E-state index is 12.8. The Balaban J connectivity index is 1.92. The van der Waals surface area contributed by atoms with Gasteiger partial charge >= 0.3 is 0 Å². The molecule has 25 heavy (non-hydrogen) atoms. The van der Waals surface area contributed by atoms with Gasteiger partial charge in [-0.25, -0.2) is 4.68 Å². The van der Waals surface area contributed by atoms with E-state index < -0.39 is 11.0 Å². The van der Waals surface area contributed by atoms with Crippen molar-refractivity contribution in [3.63, 3.8) is 0 Å². The summed E-state index contributed by atoms with van der Waals surface area (Å²) >= 11 is 0.